The van der Waals surface area contributed by atoms with Gasteiger partial charge in [-0.3, -0.25) is 9.59 Å². The lowest BCUT2D eigenvalue weighted by Crippen LogP contribution is -2.31. The minimum atomic E-state index is -0.348. The Balaban J connectivity index is 2.07. The van der Waals surface area contributed by atoms with E-state index in [2.05, 4.69) is 10.6 Å². The maximum absolute atomic E-state index is 12.0. The first-order valence-electron chi connectivity index (χ1n) is 6.86. The summed E-state index contributed by atoms with van der Waals surface area (Å²) >= 11 is 0. The second kappa shape index (κ2) is 6.74. The second-order valence-electron chi connectivity index (χ2n) is 4.79. The molecular formula is C16H18N2O3. The van der Waals surface area contributed by atoms with Gasteiger partial charge in [-0.1, -0.05) is 13.0 Å². The van der Waals surface area contributed by atoms with E-state index < -0.39 is 0 Å². The van der Waals surface area contributed by atoms with Gasteiger partial charge in [0.15, 0.2) is 5.76 Å². The third-order valence-electron chi connectivity index (χ3n) is 3.12. The number of nitrogens with one attached hydrogen (secondary N) is 2. The van der Waals surface area contributed by atoms with Crippen LogP contribution in [0.2, 0.25) is 0 Å². The summed E-state index contributed by atoms with van der Waals surface area (Å²) in [5, 5.41) is 5.58. The third-order valence-corrected chi connectivity index (χ3v) is 3.12. The molecule has 21 heavy (non-hydrogen) atoms. The van der Waals surface area contributed by atoms with E-state index in [-0.39, 0.29) is 23.6 Å². The molecule has 0 aliphatic heterocycles. The zero-order chi connectivity index (χ0) is 15.2. The number of amides is 2. The van der Waals surface area contributed by atoms with Crippen molar-refractivity contribution in [2.75, 3.05) is 5.32 Å². The summed E-state index contributed by atoms with van der Waals surface area (Å²) in [6.07, 6.45) is 2.30. The summed E-state index contributed by atoms with van der Waals surface area (Å²) in [6.45, 7) is 3.95. The largest absolute Gasteiger partial charge is 0.459 e. The van der Waals surface area contributed by atoms with Gasteiger partial charge in [0.1, 0.15) is 0 Å². The van der Waals surface area contributed by atoms with E-state index in [1.54, 1.807) is 36.4 Å². The van der Waals surface area contributed by atoms with Crippen molar-refractivity contribution < 1.29 is 14.0 Å². The number of hydrogen-bond donors (Lipinski definition) is 2. The highest BCUT2D eigenvalue weighted by Crippen LogP contribution is 2.13. The summed E-state index contributed by atoms with van der Waals surface area (Å²) in [5.74, 6) is -0.276. The second-order valence-corrected chi connectivity index (χ2v) is 4.79. The number of anilines is 1. The molecular weight excluding hydrogens is 268 g/mol. The molecule has 110 valence electrons. The number of carbonyl (C=O) groups excluding carboxylic acids is 2. The quantitative estimate of drug-likeness (QED) is 0.887. The molecule has 2 aromatic rings. The predicted octanol–water partition coefficient (Wildman–Crippen LogP) is 3.06. The Labute approximate surface area is 123 Å². The summed E-state index contributed by atoms with van der Waals surface area (Å²) in [7, 11) is 0. The molecule has 0 saturated carbocycles. The first-order chi connectivity index (χ1) is 10.1. The molecule has 0 fully saturated rings. The predicted molar refractivity (Wildman–Crippen MR) is 80.3 cm³/mol. The van der Waals surface area contributed by atoms with Crippen molar-refractivity contribution in [3.05, 3.63) is 54.0 Å². The SMILES string of the molecule is CC[C@H](C)NC(=O)c1cccc(NC(=O)c2ccco2)c1. The van der Waals surface area contributed by atoms with E-state index in [1.165, 1.54) is 6.26 Å². The normalized spacial score (nSPS) is 11.7. The fourth-order valence-electron chi connectivity index (χ4n) is 1.75. The van der Waals surface area contributed by atoms with Crippen LogP contribution >= 0.6 is 0 Å². The third kappa shape index (κ3) is 3.95. The molecule has 0 bridgehead atoms. The summed E-state index contributed by atoms with van der Waals surface area (Å²) in [6, 6.07) is 10.1. The van der Waals surface area contributed by atoms with Gasteiger partial charge in [0.05, 0.1) is 6.26 Å². The summed E-state index contributed by atoms with van der Waals surface area (Å²) in [5.41, 5.74) is 1.06. The van der Waals surface area contributed by atoms with Crippen molar-refractivity contribution in [3.8, 4) is 0 Å². The highest BCUT2D eigenvalue weighted by Gasteiger charge is 2.12. The maximum Gasteiger partial charge on any atom is 0.291 e. The van der Waals surface area contributed by atoms with E-state index >= 15 is 0 Å². The van der Waals surface area contributed by atoms with E-state index in [9.17, 15) is 9.59 Å². The smallest absolute Gasteiger partial charge is 0.291 e. The van der Waals surface area contributed by atoms with E-state index in [0.29, 0.717) is 11.3 Å². The number of rotatable bonds is 5. The summed E-state index contributed by atoms with van der Waals surface area (Å²) in [4.78, 5) is 23.9. The molecule has 0 saturated heterocycles. The number of benzene rings is 1. The van der Waals surface area contributed by atoms with Crippen molar-refractivity contribution in [1.82, 2.24) is 5.32 Å². The number of carbonyl (C=O) groups is 2. The van der Waals surface area contributed by atoms with Gasteiger partial charge in [-0.05, 0) is 43.7 Å². The van der Waals surface area contributed by atoms with Crippen molar-refractivity contribution in [3.63, 3.8) is 0 Å². The Morgan fingerprint density at radius 2 is 2.00 bits per heavy atom. The minimum absolute atomic E-state index is 0.110. The van der Waals surface area contributed by atoms with Crippen molar-refractivity contribution >= 4 is 17.5 Å². The zero-order valence-electron chi connectivity index (χ0n) is 12.1. The van der Waals surface area contributed by atoms with Gasteiger partial charge in [0.25, 0.3) is 11.8 Å². The van der Waals surface area contributed by atoms with E-state index in [4.69, 9.17) is 4.42 Å². The Morgan fingerprint density at radius 3 is 2.67 bits per heavy atom. The molecule has 2 rings (SSSR count). The van der Waals surface area contributed by atoms with Crippen molar-refractivity contribution in [1.29, 1.82) is 0 Å². The highest BCUT2D eigenvalue weighted by atomic mass is 16.3. The fourth-order valence-corrected chi connectivity index (χ4v) is 1.75. The Morgan fingerprint density at radius 1 is 1.19 bits per heavy atom. The summed E-state index contributed by atoms with van der Waals surface area (Å²) < 4.78 is 5.02. The van der Waals surface area contributed by atoms with Gasteiger partial charge >= 0.3 is 0 Å². The highest BCUT2D eigenvalue weighted by molar-refractivity contribution is 6.03. The fraction of sp³-hybridized carbons (Fsp3) is 0.250. The zero-order valence-corrected chi connectivity index (χ0v) is 12.1. The maximum atomic E-state index is 12.0. The lowest BCUT2D eigenvalue weighted by Gasteiger charge is -2.12. The van der Waals surface area contributed by atoms with Gasteiger partial charge < -0.3 is 15.1 Å². The van der Waals surface area contributed by atoms with Crippen LogP contribution in [0.3, 0.4) is 0 Å². The monoisotopic (exact) mass is 286 g/mol. The van der Waals surface area contributed by atoms with Gasteiger partial charge in [-0.2, -0.15) is 0 Å². The topological polar surface area (TPSA) is 71.3 Å². The van der Waals surface area contributed by atoms with Gasteiger partial charge in [0, 0.05) is 17.3 Å². The molecule has 0 aliphatic carbocycles. The minimum Gasteiger partial charge on any atom is -0.459 e. The standard InChI is InChI=1S/C16H18N2O3/c1-3-11(2)17-15(19)12-6-4-7-13(10-12)18-16(20)14-8-5-9-21-14/h4-11H,3H2,1-2H3,(H,17,19)(H,18,20)/t11-/m0/s1. The Bertz CT molecular complexity index is 620. The van der Waals surface area contributed by atoms with Gasteiger partial charge in [-0.25, -0.2) is 0 Å². The van der Waals surface area contributed by atoms with Crippen molar-refractivity contribution in [2.45, 2.75) is 26.3 Å². The first-order valence-corrected chi connectivity index (χ1v) is 6.86. The van der Waals surface area contributed by atoms with Crippen LogP contribution in [0.4, 0.5) is 5.69 Å². The van der Waals surface area contributed by atoms with Gasteiger partial charge in [0.2, 0.25) is 0 Å². The van der Waals surface area contributed by atoms with Crippen LogP contribution in [0.5, 0.6) is 0 Å². The number of furan rings is 1. The first kappa shape index (κ1) is 14.8. The Hall–Kier alpha value is -2.56. The van der Waals surface area contributed by atoms with E-state index in [1.807, 2.05) is 13.8 Å². The van der Waals surface area contributed by atoms with Gasteiger partial charge in [-0.15, -0.1) is 0 Å². The van der Waals surface area contributed by atoms with Crippen LogP contribution in [0, 0.1) is 0 Å². The molecule has 5 heteroatoms. The molecule has 1 aromatic carbocycles. The lowest BCUT2D eigenvalue weighted by atomic mass is 10.1. The number of hydrogen-bond acceptors (Lipinski definition) is 3. The average molecular weight is 286 g/mol. The van der Waals surface area contributed by atoms with E-state index in [0.717, 1.165) is 6.42 Å². The molecule has 1 atom stereocenters. The molecule has 0 spiro atoms. The molecule has 0 unspecified atom stereocenters. The van der Waals surface area contributed by atoms with Crippen LogP contribution in [0.15, 0.2) is 47.1 Å². The van der Waals surface area contributed by atoms with Crippen LogP contribution in [-0.4, -0.2) is 17.9 Å². The van der Waals surface area contributed by atoms with Crippen LogP contribution in [-0.2, 0) is 0 Å². The van der Waals surface area contributed by atoms with Crippen molar-refractivity contribution in [2.24, 2.45) is 0 Å². The average Bonchev–Trinajstić information content (AvgIpc) is 3.01. The molecule has 0 radical (unpaired) electrons. The molecule has 1 heterocycles. The molecule has 5 nitrogen and oxygen atoms in total. The molecule has 2 amide bonds. The lowest BCUT2D eigenvalue weighted by molar-refractivity contribution is 0.0937. The van der Waals surface area contributed by atoms with Crippen LogP contribution in [0.25, 0.3) is 0 Å². The molecule has 0 aliphatic rings. The molecule has 1 aromatic heterocycles. The van der Waals surface area contributed by atoms with Crippen LogP contribution < -0.4 is 10.6 Å². The van der Waals surface area contributed by atoms with Crippen LogP contribution in [0.1, 0.15) is 41.2 Å². The molecule has 2 N–H and O–H groups in total. The Kier molecular flexibility index (Phi) is 4.77.